The molecule has 2 unspecified atom stereocenters. The standard InChI is InChI=1S/C14H26N2O2/c1-11(2)14(6-7-15-10-14)13(17)16-9-12-5-3-4-8-18-12/h11-12,15H,3-10H2,1-2H3,(H,16,17). The summed E-state index contributed by atoms with van der Waals surface area (Å²) in [6.45, 7) is 7.56. The van der Waals surface area contributed by atoms with Gasteiger partial charge >= 0.3 is 0 Å². The van der Waals surface area contributed by atoms with Gasteiger partial charge in [0.25, 0.3) is 0 Å². The van der Waals surface area contributed by atoms with Crippen molar-refractivity contribution >= 4 is 5.91 Å². The van der Waals surface area contributed by atoms with Crippen LogP contribution < -0.4 is 10.6 Å². The Morgan fingerprint density at radius 3 is 2.89 bits per heavy atom. The number of hydrogen-bond acceptors (Lipinski definition) is 3. The van der Waals surface area contributed by atoms with Crippen molar-refractivity contribution in [3.63, 3.8) is 0 Å². The molecule has 0 spiro atoms. The Labute approximate surface area is 110 Å². The van der Waals surface area contributed by atoms with Gasteiger partial charge in [-0.1, -0.05) is 13.8 Å². The van der Waals surface area contributed by atoms with Crippen LogP contribution in [-0.4, -0.2) is 38.3 Å². The van der Waals surface area contributed by atoms with E-state index in [2.05, 4.69) is 24.5 Å². The van der Waals surface area contributed by atoms with Gasteiger partial charge in [0.1, 0.15) is 0 Å². The predicted octanol–water partition coefficient (Wildman–Crippen LogP) is 1.31. The highest BCUT2D eigenvalue weighted by Gasteiger charge is 2.43. The lowest BCUT2D eigenvalue weighted by atomic mass is 9.75. The third-order valence-electron chi connectivity index (χ3n) is 4.51. The van der Waals surface area contributed by atoms with Gasteiger partial charge in [-0.25, -0.2) is 0 Å². The Balaban J connectivity index is 1.85. The number of rotatable bonds is 4. The number of nitrogens with one attached hydrogen (secondary N) is 2. The molecular formula is C14H26N2O2. The van der Waals surface area contributed by atoms with Crippen LogP contribution in [0, 0.1) is 11.3 Å². The first-order chi connectivity index (χ1) is 8.65. The Morgan fingerprint density at radius 1 is 1.50 bits per heavy atom. The molecule has 1 amide bonds. The van der Waals surface area contributed by atoms with Gasteiger partial charge in [-0.3, -0.25) is 4.79 Å². The molecule has 4 nitrogen and oxygen atoms in total. The zero-order valence-electron chi connectivity index (χ0n) is 11.6. The fraction of sp³-hybridized carbons (Fsp3) is 0.929. The Hall–Kier alpha value is -0.610. The van der Waals surface area contributed by atoms with Gasteiger partial charge in [0, 0.05) is 19.7 Å². The maximum absolute atomic E-state index is 12.4. The maximum atomic E-state index is 12.4. The van der Waals surface area contributed by atoms with Gasteiger partial charge in [-0.15, -0.1) is 0 Å². The summed E-state index contributed by atoms with van der Waals surface area (Å²) in [5.41, 5.74) is -0.214. The predicted molar refractivity (Wildman–Crippen MR) is 71.4 cm³/mol. The average Bonchev–Trinajstić information content (AvgIpc) is 2.88. The molecule has 18 heavy (non-hydrogen) atoms. The van der Waals surface area contributed by atoms with Crippen LogP contribution in [0.1, 0.15) is 39.5 Å². The first kappa shape index (κ1) is 13.8. The van der Waals surface area contributed by atoms with E-state index in [0.717, 1.165) is 39.0 Å². The number of hydrogen-bond donors (Lipinski definition) is 2. The molecule has 0 bridgehead atoms. The van der Waals surface area contributed by atoms with Crippen molar-refractivity contribution in [2.45, 2.75) is 45.6 Å². The Kier molecular flexibility index (Phi) is 4.62. The monoisotopic (exact) mass is 254 g/mol. The van der Waals surface area contributed by atoms with Gasteiger partial charge in [-0.2, -0.15) is 0 Å². The number of amides is 1. The summed E-state index contributed by atoms with van der Waals surface area (Å²) in [5.74, 6) is 0.580. The van der Waals surface area contributed by atoms with Crippen LogP contribution in [0.25, 0.3) is 0 Å². The normalized spacial score (nSPS) is 32.7. The summed E-state index contributed by atoms with van der Waals surface area (Å²) < 4.78 is 5.65. The fourth-order valence-electron chi connectivity index (χ4n) is 3.01. The Morgan fingerprint density at radius 2 is 2.33 bits per heavy atom. The molecule has 2 aliphatic heterocycles. The van der Waals surface area contributed by atoms with Gasteiger partial charge in [0.05, 0.1) is 11.5 Å². The molecule has 2 saturated heterocycles. The minimum atomic E-state index is -0.214. The van der Waals surface area contributed by atoms with Crippen LogP contribution in [-0.2, 0) is 9.53 Å². The first-order valence-electron chi connectivity index (χ1n) is 7.26. The van der Waals surface area contributed by atoms with E-state index in [1.54, 1.807) is 0 Å². The third-order valence-corrected chi connectivity index (χ3v) is 4.51. The second-order valence-corrected chi connectivity index (χ2v) is 5.94. The highest BCUT2D eigenvalue weighted by atomic mass is 16.5. The fourth-order valence-corrected chi connectivity index (χ4v) is 3.01. The van der Waals surface area contributed by atoms with Crippen LogP contribution in [0.3, 0.4) is 0 Å². The van der Waals surface area contributed by atoms with Gasteiger partial charge in [-0.05, 0) is 38.1 Å². The second kappa shape index (κ2) is 6.02. The van der Waals surface area contributed by atoms with Crippen molar-refractivity contribution in [3.8, 4) is 0 Å². The van der Waals surface area contributed by atoms with Crippen molar-refractivity contribution < 1.29 is 9.53 Å². The van der Waals surface area contributed by atoms with Crippen LogP contribution in [0.15, 0.2) is 0 Å². The van der Waals surface area contributed by atoms with Gasteiger partial charge in [0.2, 0.25) is 5.91 Å². The molecule has 2 N–H and O–H groups in total. The maximum Gasteiger partial charge on any atom is 0.227 e. The third kappa shape index (κ3) is 2.86. The molecule has 2 aliphatic rings. The lowest BCUT2D eigenvalue weighted by molar-refractivity contribution is -0.133. The molecule has 0 aromatic heterocycles. The molecule has 0 aliphatic carbocycles. The highest BCUT2D eigenvalue weighted by molar-refractivity contribution is 5.83. The lowest BCUT2D eigenvalue weighted by Gasteiger charge is -2.32. The van der Waals surface area contributed by atoms with E-state index in [-0.39, 0.29) is 17.4 Å². The minimum absolute atomic E-state index is 0.205. The molecule has 0 saturated carbocycles. The van der Waals surface area contributed by atoms with Crippen LogP contribution >= 0.6 is 0 Å². The number of carbonyl (C=O) groups is 1. The summed E-state index contributed by atoms with van der Waals surface area (Å²) in [6.07, 6.45) is 4.62. The molecule has 2 rings (SSSR count). The highest BCUT2D eigenvalue weighted by Crippen LogP contribution is 2.34. The van der Waals surface area contributed by atoms with Crippen LogP contribution in [0.5, 0.6) is 0 Å². The molecule has 0 aromatic rings. The largest absolute Gasteiger partial charge is 0.376 e. The van der Waals surface area contributed by atoms with E-state index in [9.17, 15) is 4.79 Å². The summed E-state index contributed by atoms with van der Waals surface area (Å²) in [5, 5.41) is 6.43. The number of ether oxygens (including phenoxy) is 1. The second-order valence-electron chi connectivity index (χ2n) is 5.94. The van der Waals surface area contributed by atoms with E-state index in [1.807, 2.05) is 0 Å². The van der Waals surface area contributed by atoms with Crippen molar-refractivity contribution in [1.82, 2.24) is 10.6 Å². The topological polar surface area (TPSA) is 50.4 Å². The SMILES string of the molecule is CC(C)C1(C(=O)NCC2CCCCO2)CCNC1. The number of carbonyl (C=O) groups excluding carboxylic acids is 1. The van der Waals surface area contributed by atoms with Crippen molar-refractivity contribution in [1.29, 1.82) is 0 Å². The smallest absolute Gasteiger partial charge is 0.227 e. The van der Waals surface area contributed by atoms with E-state index in [0.29, 0.717) is 12.5 Å². The molecule has 2 fully saturated rings. The molecule has 4 heteroatoms. The minimum Gasteiger partial charge on any atom is -0.376 e. The zero-order valence-corrected chi connectivity index (χ0v) is 11.6. The van der Waals surface area contributed by atoms with Gasteiger partial charge < -0.3 is 15.4 Å². The molecule has 0 radical (unpaired) electrons. The molecule has 2 atom stereocenters. The van der Waals surface area contributed by atoms with E-state index in [1.165, 1.54) is 6.42 Å². The van der Waals surface area contributed by atoms with Crippen molar-refractivity contribution in [3.05, 3.63) is 0 Å². The molecule has 104 valence electrons. The molecule has 0 aromatic carbocycles. The van der Waals surface area contributed by atoms with Crippen molar-refractivity contribution in [2.24, 2.45) is 11.3 Å². The lowest BCUT2D eigenvalue weighted by Crippen LogP contribution is -2.48. The average molecular weight is 254 g/mol. The summed E-state index contributed by atoms with van der Waals surface area (Å²) in [6, 6.07) is 0. The summed E-state index contributed by atoms with van der Waals surface area (Å²) >= 11 is 0. The molecular weight excluding hydrogens is 228 g/mol. The molecule has 2 heterocycles. The van der Waals surface area contributed by atoms with Crippen molar-refractivity contribution in [2.75, 3.05) is 26.2 Å². The summed E-state index contributed by atoms with van der Waals surface area (Å²) in [7, 11) is 0. The quantitative estimate of drug-likeness (QED) is 0.795. The summed E-state index contributed by atoms with van der Waals surface area (Å²) in [4.78, 5) is 12.4. The van der Waals surface area contributed by atoms with Crippen LogP contribution in [0.4, 0.5) is 0 Å². The Bertz CT molecular complexity index is 280. The zero-order chi connectivity index (χ0) is 13.0. The van der Waals surface area contributed by atoms with E-state index in [4.69, 9.17) is 4.74 Å². The van der Waals surface area contributed by atoms with E-state index >= 15 is 0 Å². The van der Waals surface area contributed by atoms with Crippen LogP contribution in [0.2, 0.25) is 0 Å². The van der Waals surface area contributed by atoms with Gasteiger partial charge in [0.15, 0.2) is 0 Å². The first-order valence-corrected chi connectivity index (χ1v) is 7.26. The van der Waals surface area contributed by atoms with E-state index < -0.39 is 0 Å².